The van der Waals surface area contributed by atoms with Crippen LogP contribution in [0.25, 0.3) is 0 Å². The van der Waals surface area contributed by atoms with E-state index in [1.165, 1.54) is 0 Å². The predicted molar refractivity (Wildman–Crippen MR) is 50.0 cm³/mol. The highest BCUT2D eigenvalue weighted by Gasteiger charge is 2.01. The molecule has 0 spiro atoms. The van der Waals surface area contributed by atoms with Crippen LogP contribution in [0.3, 0.4) is 0 Å². The number of rotatable bonds is 4. The summed E-state index contributed by atoms with van der Waals surface area (Å²) in [5.41, 5.74) is 0. The van der Waals surface area contributed by atoms with E-state index in [-0.39, 0.29) is 17.2 Å². The van der Waals surface area contributed by atoms with Gasteiger partial charge in [0.25, 0.3) is 0 Å². The van der Waals surface area contributed by atoms with Crippen molar-refractivity contribution in [2.24, 2.45) is 0 Å². The molecule has 0 aliphatic rings. The van der Waals surface area contributed by atoms with Crippen LogP contribution in [-0.2, 0) is 0 Å². The molecule has 7 heteroatoms. The standard InChI is InChI=1S/C6H8Cl2N4O/c7-4-10-5(8)12-6(11-4)9-2-1-3-13/h13H,1-3H2,(H,9,10,11,12). The minimum atomic E-state index is 0.0477. The second-order valence-corrected chi connectivity index (χ2v) is 2.88. The quantitative estimate of drug-likeness (QED) is 0.744. The first-order valence-electron chi connectivity index (χ1n) is 3.64. The highest BCUT2D eigenvalue weighted by atomic mass is 35.5. The van der Waals surface area contributed by atoms with E-state index < -0.39 is 0 Å². The van der Waals surface area contributed by atoms with Crippen molar-refractivity contribution < 1.29 is 5.11 Å². The molecule has 0 unspecified atom stereocenters. The van der Waals surface area contributed by atoms with Gasteiger partial charge < -0.3 is 10.4 Å². The number of aromatic nitrogens is 3. The van der Waals surface area contributed by atoms with E-state index in [9.17, 15) is 0 Å². The normalized spacial score (nSPS) is 10.1. The number of aliphatic hydroxyl groups is 1. The van der Waals surface area contributed by atoms with Crippen LogP contribution in [0, 0.1) is 0 Å². The molecule has 1 aromatic heterocycles. The summed E-state index contributed by atoms with van der Waals surface area (Å²) in [5, 5.41) is 11.4. The Hall–Kier alpha value is -0.650. The zero-order valence-electron chi connectivity index (χ0n) is 6.67. The third kappa shape index (κ3) is 3.71. The second-order valence-electron chi connectivity index (χ2n) is 2.20. The lowest BCUT2D eigenvalue weighted by Crippen LogP contribution is -2.07. The maximum atomic E-state index is 8.51. The van der Waals surface area contributed by atoms with Crippen LogP contribution in [0.2, 0.25) is 10.6 Å². The SMILES string of the molecule is OCCCNc1nc(Cl)nc(Cl)n1. The zero-order chi connectivity index (χ0) is 9.68. The Kier molecular flexibility index (Phi) is 4.14. The van der Waals surface area contributed by atoms with Gasteiger partial charge in [0, 0.05) is 13.2 Å². The molecule has 0 saturated carbocycles. The summed E-state index contributed by atoms with van der Waals surface area (Å²) in [6.45, 7) is 0.673. The van der Waals surface area contributed by atoms with Crippen LogP contribution in [-0.4, -0.2) is 33.2 Å². The minimum Gasteiger partial charge on any atom is -0.396 e. The van der Waals surface area contributed by atoms with E-state index in [0.717, 1.165) is 0 Å². The lowest BCUT2D eigenvalue weighted by atomic mass is 10.4. The van der Waals surface area contributed by atoms with E-state index in [2.05, 4.69) is 20.3 Å². The van der Waals surface area contributed by atoms with E-state index in [0.29, 0.717) is 18.9 Å². The van der Waals surface area contributed by atoms with Crippen LogP contribution in [0.4, 0.5) is 5.95 Å². The first kappa shape index (κ1) is 10.4. The fraction of sp³-hybridized carbons (Fsp3) is 0.500. The second kappa shape index (κ2) is 5.16. The molecule has 0 aliphatic heterocycles. The Morgan fingerprint density at radius 1 is 1.15 bits per heavy atom. The maximum absolute atomic E-state index is 8.51. The summed E-state index contributed by atoms with van der Waals surface area (Å²) < 4.78 is 0. The van der Waals surface area contributed by atoms with E-state index in [1.807, 2.05) is 0 Å². The number of nitrogens with zero attached hydrogens (tertiary/aromatic N) is 3. The highest BCUT2D eigenvalue weighted by Crippen LogP contribution is 2.09. The van der Waals surface area contributed by atoms with Gasteiger partial charge in [-0.15, -0.1) is 0 Å². The topological polar surface area (TPSA) is 70.9 Å². The van der Waals surface area contributed by atoms with Crippen molar-refractivity contribution >= 4 is 29.2 Å². The molecule has 0 fully saturated rings. The van der Waals surface area contributed by atoms with Gasteiger partial charge in [0.1, 0.15) is 0 Å². The third-order valence-electron chi connectivity index (χ3n) is 1.20. The molecule has 0 radical (unpaired) electrons. The molecule has 0 saturated heterocycles. The van der Waals surface area contributed by atoms with Gasteiger partial charge in [-0.25, -0.2) is 0 Å². The predicted octanol–water partition coefficient (Wildman–Crippen LogP) is 0.973. The van der Waals surface area contributed by atoms with E-state index in [1.54, 1.807) is 0 Å². The lowest BCUT2D eigenvalue weighted by Gasteiger charge is -2.02. The van der Waals surface area contributed by atoms with Gasteiger partial charge in [-0.05, 0) is 29.6 Å². The minimum absolute atomic E-state index is 0.0477. The molecular formula is C6H8Cl2N4O. The fourth-order valence-electron chi connectivity index (χ4n) is 0.684. The summed E-state index contributed by atoms with van der Waals surface area (Å²) in [5.74, 6) is 0.318. The van der Waals surface area contributed by atoms with Crippen molar-refractivity contribution in [2.45, 2.75) is 6.42 Å². The summed E-state index contributed by atoms with van der Waals surface area (Å²) in [6, 6.07) is 0. The van der Waals surface area contributed by atoms with Gasteiger partial charge in [0.2, 0.25) is 16.5 Å². The van der Waals surface area contributed by atoms with Crippen LogP contribution in [0.15, 0.2) is 0 Å². The van der Waals surface area contributed by atoms with Crippen LogP contribution in [0.1, 0.15) is 6.42 Å². The smallest absolute Gasteiger partial charge is 0.228 e. The molecule has 0 aliphatic carbocycles. The van der Waals surface area contributed by atoms with E-state index >= 15 is 0 Å². The van der Waals surface area contributed by atoms with Gasteiger partial charge in [-0.1, -0.05) is 0 Å². The maximum Gasteiger partial charge on any atom is 0.228 e. The number of anilines is 1. The first-order chi connectivity index (χ1) is 6.22. The molecule has 0 amide bonds. The monoisotopic (exact) mass is 222 g/mol. The molecule has 1 aromatic rings. The van der Waals surface area contributed by atoms with Gasteiger partial charge in [-0.3, -0.25) is 0 Å². The summed E-state index contributed by atoms with van der Waals surface area (Å²) in [7, 11) is 0. The van der Waals surface area contributed by atoms with Crippen molar-refractivity contribution in [3.05, 3.63) is 10.6 Å². The van der Waals surface area contributed by atoms with Gasteiger partial charge >= 0.3 is 0 Å². The largest absolute Gasteiger partial charge is 0.396 e. The molecule has 2 N–H and O–H groups in total. The average molecular weight is 223 g/mol. The first-order valence-corrected chi connectivity index (χ1v) is 4.40. The number of hydrogen-bond acceptors (Lipinski definition) is 5. The van der Waals surface area contributed by atoms with Crippen LogP contribution >= 0.6 is 23.2 Å². The number of halogens is 2. The molecule has 13 heavy (non-hydrogen) atoms. The number of hydrogen-bond donors (Lipinski definition) is 2. The zero-order valence-corrected chi connectivity index (χ0v) is 8.18. The Bertz CT molecular complexity index is 263. The van der Waals surface area contributed by atoms with Crippen molar-refractivity contribution in [3.63, 3.8) is 0 Å². The Labute approximate surface area is 85.1 Å². The molecule has 1 rings (SSSR count). The van der Waals surface area contributed by atoms with Gasteiger partial charge in [0.05, 0.1) is 0 Å². The number of aliphatic hydroxyl groups excluding tert-OH is 1. The molecule has 5 nitrogen and oxygen atoms in total. The van der Waals surface area contributed by atoms with Crippen molar-refractivity contribution in [1.29, 1.82) is 0 Å². The molecule has 0 bridgehead atoms. The molecule has 72 valence electrons. The molecule has 1 heterocycles. The van der Waals surface area contributed by atoms with E-state index in [4.69, 9.17) is 28.3 Å². The van der Waals surface area contributed by atoms with Crippen molar-refractivity contribution in [3.8, 4) is 0 Å². The Balaban J connectivity index is 2.56. The summed E-state index contributed by atoms with van der Waals surface area (Å²) in [6.07, 6.45) is 0.612. The third-order valence-corrected chi connectivity index (χ3v) is 1.54. The average Bonchev–Trinajstić information content (AvgIpc) is 2.03. The lowest BCUT2D eigenvalue weighted by molar-refractivity contribution is 0.292. The van der Waals surface area contributed by atoms with Crippen molar-refractivity contribution in [2.75, 3.05) is 18.5 Å². The summed E-state index contributed by atoms with van der Waals surface area (Å²) in [4.78, 5) is 11.1. The van der Waals surface area contributed by atoms with Crippen LogP contribution in [0.5, 0.6) is 0 Å². The summed E-state index contributed by atoms with van der Waals surface area (Å²) >= 11 is 11.1. The van der Waals surface area contributed by atoms with Gasteiger partial charge in [0.15, 0.2) is 0 Å². The molecule has 0 aromatic carbocycles. The highest BCUT2D eigenvalue weighted by molar-refractivity contribution is 6.31. The van der Waals surface area contributed by atoms with Gasteiger partial charge in [-0.2, -0.15) is 15.0 Å². The fourth-order valence-corrected chi connectivity index (χ4v) is 1.05. The van der Waals surface area contributed by atoms with Crippen molar-refractivity contribution in [1.82, 2.24) is 15.0 Å². The van der Waals surface area contributed by atoms with Crippen LogP contribution < -0.4 is 5.32 Å². The Morgan fingerprint density at radius 2 is 1.77 bits per heavy atom. The molecular weight excluding hydrogens is 215 g/mol. The Morgan fingerprint density at radius 3 is 2.31 bits per heavy atom. The molecule has 0 atom stereocenters. The number of nitrogens with one attached hydrogen (secondary N) is 1.